The second-order valence-corrected chi connectivity index (χ2v) is 13.0. The van der Waals surface area contributed by atoms with Crippen LogP contribution < -0.4 is 10.9 Å². The van der Waals surface area contributed by atoms with Crippen LogP contribution in [0.4, 0.5) is 22.0 Å². The number of hydrogen-bond donors (Lipinski definition) is 2. The number of aromatic nitrogens is 1. The minimum absolute atomic E-state index is 0.0444. The number of aryl methyl sites for hydroxylation is 3. The van der Waals surface area contributed by atoms with E-state index in [1.165, 1.54) is 13.0 Å². The van der Waals surface area contributed by atoms with Crippen LogP contribution in [-0.4, -0.2) is 47.1 Å². The van der Waals surface area contributed by atoms with Gasteiger partial charge in [-0.15, -0.1) is 5.92 Å². The number of carbonyl (C=O) groups excluding carboxylic acids is 1. The molecule has 0 bridgehead atoms. The van der Waals surface area contributed by atoms with E-state index >= 15 is 8.78 Å². The fourth-order valence-electron chi connectivity index (χ4n) is 6.08. The molecule has 0 aliphatic rings. The maximum atomic E-state index is 16.6. The third kappa shape index (κ3) is 9.35. The summed E-state index contributed by atoms with van der Waals surface area (Å²) in [7, 11) is 3.35. The Labute approximate surface area is 283 Å². The van der Waals surface area contributed by atoms with Gasteiger partial charge < -0.3 is 19.9 Å². The molecule has 3 aromatic rings. The summed E-state index contributed by atoms with van der Waals surface area (Å²) in [5, 5.41) is 12.3. The lowest BCUT2D eigenvalue weighted by atomic mass is 9.88. The molecule has 264 valence electrons. The van der Waals surface area contributed by atoms with Gasteiger partial charge in [0.05, 0.1) is 23.6 Å². The predicted molar refractivity (Wildman–Crippen MR) is 178 cm³/mol. The Bertz CT molecular complexity index is 1830. The first-order chi connectivity index (χ1) is 22.8. The first kappa shape index (κ1) is 38.9. The number of pyridine rings is 1. The van der Waals surface area contributed by atoms with Crippen molar-refractivity contribution in [2.75, 3.05) is 20.6 Å². The summed E-state index contributed by atoms with van der Waals surface area (Å²) in [6.07, 6.45) is -4.94. The summed E-state index contributed by atoms with van der Waals surface area (Å²) in [5.41, 5.74) is -0.760. The van der Waals surface area contributed by atoms with E-state index in [0.29, 0.717) is 22.8 Å². The number of benzene rings is 2. The highest BCUT2D eigenvalue weighted by Gasteiger charge is 2.36. The predicted octanol–water partition coefficient (Wildman–Crippen LogP) is 7.13. The van der Waals surface area contributed by atoms with Gasteiger partial charge in [-0.2, -0.15) is 13.2 Å². The second-order valence-electron chi connectivity index (χ2n) is 13.0. The van der Waals surface area contributed by atoms with Gasteiger partial charge in [-0.25, -0.2) is 8.78 Å². The van der Waals surface area contributed by atoms with E-state index in [0.717, 1.165) is 16.3 Å². The van der Waals surface area contributed by atoms with Gasteiger partial charge in [0.2, 0.25) is 5.91 Å². The fraction of sp³-hybridized carbons (Fsp3) is 0.432. The molecule has 7 nitrogen and oxygen atoms in total. The molecule has 12 heteroatoms. The van der Waals surface area contributed by atoms with Crippen LogP contribution in [0, 0.1) is 50.2 Å². The smallest absolute Gasteiger partial charge is 0.416 e. The number of likely N-dealkylation sites (N-methyl/N-ethyl adjacent to an activating group) is 1. The normalized spacial score (nSPS) is 12.9. The molecule has 0 spiro atoms. The van der Waals surface area contributed by atoms with Crippen molar-refractivity contribution in [1.29, 1.82) is 0 Å². The molecule has 0 fully saturated rings. The highest BCUT2D eigenvalue weighted by molar-refractivity contribution is 5.82. The van der Waals surface area contributed by atoms with E-state index in [-0.39, 0.29) is 42.0 Å². The SMILES string of the molecule is CC#Cc1cc(-c2c(C)cc(C)cc2C)c(F)c([C@@H](CC(=O)O)NC(=O)[C@@H](CC(C)C)n2cc(CCN(C)C)c(C(F)(F)F)cc2=O)c1F. The molecule has 0 aliphatic heterocycles. The van der Waals surface area contributed by atoms with E-state index in [1.54, 1.807) is 46.7 Å². The molecular formula is C37H42F5N3O4. The van der Waals surface area contributed by atoms with Crippen LogP contribution in [-0.2, 0) is 22.2 Å². The Balaban J connectivity index is 2.26. The van der Waals surface area contributed by atoms with Crippen LogP contribution in [0.3, 0.4) is 0 Å². The zero-order valence-corrected chi connectivity index (χ0v) is 28.9. The van der Waals surface area contributed by atoms with Crippen molar-refractivity contribution in [1.82, 2.24) is 14.8 Å². The molecule has 1 heterocycles. The van der Waals surface area contributed by atoms with Crippen molar-refractivity contribution < 1.29 is 36.6 Å². The van der Waals surface area contributed by atoms with Crippen LogP contribution in [0.5, 0.6) is 0 Å². The van der Waals surface area contributed by atoms with E-state index < -0.39 is 64.9 Å². The second kappa shape index (κ2) is 15.8. The van der Waals surface area contributed by atoms with Crippen molar-refractivity contribution in [3.05, 3.63) is 91.4 Å². The lowest BCUT2D eigenvalue weighted by Crippen LogP contribution is -2.41. The summed E-state index contributed by atoms with van der Waals surface area (Å²) in [5.74, 6) is 0.161. The number of carbonyl (C=O) groups is 2. The fourth-order valence-corrected chi connectivity index (χ4v) is 6.08. The Kier molecular flexibility index (Phi) is 12.6. The number of halogens is 5. The monoisotopic (exact) mass is 687 g/mol. The maximum absolute atomic E-state index is 16.6. The van der Waals surface area contributed by atoms with Crippen molar-refractivity contribution in [3.8, 4) is 23.0 Å². The van der Waals surface area contributed by atoms with Crippen LogP contribution in [0.15, 0.2) is 35.3 Å². The van der Waals surface area contributed by atoms with E-state index in [9.17, 15) is 32.7 Å². The molecule has 3 rings (SSSR count). The number of amides is 1. The summed E-state index contributed by atoms with van der Waals surface area (Å²) in [6, 6.07) is 2.10. The van der Waals surface area contributed by atoms with Crippen molar-refractivity contribution in [3.63, 3.8) is 0 Å². The Morgan fingerprint density at radius 3 is 2.14 bits per heavy atom. The van der Waals surface area contributed by atoms with Crippen molar-refractivity contribution >= 4 is 11.9 Å². The topological polar surface area (TPSA) is 91.6 Å². The molecule has 2 aromatic carbocycles. The van der Waals surface area contributed by atoms with Gasteiger partial charge >= 0.3 is 12.1 Å². The van der Waals surface area contributed by atoms with Crippen LogP contribution in [0.2, 0.25) is 0 Å². The van der Waals surface area contributed by atoms with Gasteiger partial charge in [-0.05, 0) is 88.9 Å². The molecule has 0 radical (unpaired) electrons. The van der Waals surface area contributed by atoms with E-state index in [2.05, 4.69) is 17.2 Å². The van der Waals surface area contributed by atoms with E-state index in [1.807, 2.05) is 19.1 Å². The Hall–Kier alpha value is -4.50. The Morgan fingerprint density at radius 1 is 1.02 bits per heavy atom. The lowest BCUT2D eigenvalue weighted by Gasteiger charge is -2.27. The highest BCUT2D eigenvalue weighted by atomic mass is 19.4. The molecule has 49 heavy (non-hydrogen) atoms. The first-order valence-corrected chi connectivity index (χ1v) is 15.8. The number of carboxylic acid groups (broad SMARTS) is 1. The average Bonchev–Trinajstić information content (AvgIpc) is 2.96. The summed E-state index contributed by atoms with van der Waals surface area (Å²) in [4.78, 5) is 41.0. The van der Waals surface area contributed by atoms with Gasteiger partial charge in [0.15, 0.2) is 0 Å². The van der Waals surface area contributed by atoms with Crippen LogP contribution in [0.1, 0.15) is 84.6 Å². The van der Waals surface area contributed by atoms with Gasteiger partial charge in [0.25, 0.3) is 5.56 Å². The van der Waals surface area contributed by atoms with Crippen LogP contribution in [0.25, 0.3) is 11.1 Å². The lowest BCUT2D eigenvalue weighted by molar-refractivity contribution is -0.139. The number of alkyl halides is 3. The highest BCUT2D eigenvalue weighted by Crippen LogP contribution is 2.38. The minimum Gasteiger partial charge on any atom is -0.481 e. The average molecular weight is 688 g/mol. The zero-order chi connectivity index (χ0) is 37.0. The maximum Gasteiger partial charge on any atom is 0.416 e. The van der Waals surface area contributed by atoms with Gasteiger partial charge in [0.1, 0.15) is 17.7 Å². The first-order valence-electron chi connectivity index (χ1n) is 15.8. The van der Waals surface area contributed by atoms with Gasteiger partial charge in [-0.3, -0.25) is 14.4 Å². The standard InChI is InChI=1S/C37H42F5N3O4/c1-9-10-24-16-26(32-22(5)14-21(4)15-23(32)6)35(39)33(34(24)38)28(18-31(47)48)43-36(49)29(13-20(2)3)45-19-25(11-12-44(7)8)27(17-30(45)46)37(40,41)42/h14-17,19-20,28-29H,11-13,18H2,1-8H3,(H,43,49)(H,47,48)/t28-,29-/m1/s1. The third-order valence-electron chi connectivity index (χ3n) is 8.11. The molecular weight excluding hydrogens is 645 g/mol. The van der Waals surface area contributed by atoms with Crippen molar-refractivity contribution in [2.24, 2.45) is 5.92 Å². The third-order valence-corrected chi connectivity index (χ3v) is 8.11. The molecule has 2 N–H and O–H groups in total. The molecule has 1 aromatic heterocycles. The number of aliphatic carboxylic acids is 1. The van der Waals surface area contributed by atoms with Crippen LogP contribution >= 0.6 is 0 Å². The molecule has 1 amide bonds. The molecule has 0 aliphatic carbocycles. The number of nitrogens with one attached hydrogen (secondary N) is 1. The number of hydrogen-bond acceptors (Lipinski definition) is 4. The number of nitrogens with zero attached hydrogens (tertiary/aromatic N) is 2. The quantitative estimate of drug-likeness (QED) is 0.156. The largest absolute Gasteiger partial charge is 0.481 e. The summed E-state index contributed by atoms with van der Waals surface area (Å²) in [6.45, 7) is 10.5. The van der Waals surface area contributed by atoms with E-state index in [4.69, 9.17) is 0 Å². The molecule has 0 saturated heterocycles. The number of carboxylic acids is 1. The molecule has 2 atom stereocenters. The minimum atomic E-state index is -4.84. The molecule has 0 saturated carbocycles. The molecule has 0 unspecified atom stereocenters. The van der Waals surface area contributed by atoms with Gasteiger partial charge in [-0.1, -0.05) is 37.5 Å². The summed E-state index contributed by atoms with van der Waals surface area (Å²) < 4.78 is 75.5. The number of rotatable bonds is 12. The zero-order valence-electron chi connectivity index (χ0n) is 28.9. The van der Waals surface area contributed by atoms with Crippen molar-refractivity contribution in [2.45, 2.75) is 79.1 Å². The van der Waals surface area contributed by atoms with Gasteiger partial charge in [0, 0.05) is 29.9 Å². The Morgan fingerprint density at radius 2 is 1.63 bits per heavy atom. The summed E-state index contributed by atoms with van der Waals surface area (Å²) >= 11 is 0.